The standard InChI is InChI=1S/C12H15N3O2/c1-17-5-4-14-12(16)10-7-15-11-3-2-8(13)6-9(10)11/h2-3,6-7,15H,4-5,13H2,1H3,(H,14,16). The van der Waals surface area contributed by atoms with Gasteiger partial charge in [-0.15, -0.1) is 0 Å². The SMILES string of the molecule is COCCNC(=O)c1c[nH]c2ccc(N)cc12. The van der Waals surface area contributed by atoms with Crippen LogP contribution < -0.4 is 11.1 Å². The van der Waals surface area contributed by atoms with Crippen LogP contribution >= 0.6 is 0 Å². The van der Waals surface area contributed by atoms with Crippen molar-refractivity contribution in [1.82, 2.24) is 10.3 Å². The Labute approximate surface area is 98.9 Å². The lowest BCUT2D eigenvalue weighted by Crippen LogP contribution is -2.26. The zero-order valence-electron chi connectivity index (χ0n) is 9.62. The van der Waals surface area contributed by atoms with Crippen molar-refractivity contribution in [2.24, 2.45) is 0 Å². The fourth-order valence-corrected chi connectivity index (χ4v) is 1.69. The first-order valence-corrected chi connectivity index (χ1v) is 5.36. The molecule has 1 aromatic heterocycles. The number of carbonyl (C=O) groups excluding carboxylic acids is 1. The van der Waals surface area contributed by atoms with Crippen molar-refractivity contribution in [1.29, 1.82) is 0 Å². The first kappa shape index (κ1) is 11.5. The maximum absolute atomic E-state index is 11.9. The van der Waals surface area contributed by atoms with Crippen LogP contribution in [0.3, 0.4) is 0 Å². The van der Waals surface area contributed by atoms with Gasteiger partial charge < -0.3 is 20.8 Å². The van der Waals surface area contributed by atoms with E-state index in [0.29, 0.717) is 24.4 Å². The summed E-state index contributed by atoms with van der Waals surface area (Å²) in [5, 5.41) is 3.61. The Balaban J connectivity index is 2.23. The number of aromatic nitrogens is 1. The van der Waals surface area contributed by atoms with E-state index in [1.54, 1.807) is 25.4 Å². The molecule has 17 heavy (non-hydrogen) atoms. The van der Waals surface area contributed by atoms with Gasteiger partial charge in [-0.05, 0) is 18.2 Å². The Hall–Kier alpha value is -2.01. The Kier molecular flexibility index (Phi) is 3.30. The second-order valence-corrected chi connectivity index (χ2v) is 3.76. The molecule has 1 amide bonds. The third kappa shape index (κ3) is 2.39. The second-order valence-electron chi connectivity index (χ2n) is 3.76. The van der Waals surface area contributed by atoms with Crippen molar-refractivity contribution in [3.05, 3.63) is 30.0 Å². The van der Waals surface area contributed by atoms with Crippen LogP contribution in [0.5, 0.6) is 0 Å². The highest BCUT2D eigenvalue weighted by atomic mass is 16.5. The molecule has 0 radical (unpaired) electrons. The van der Waals surface area contributed by atoms with Gasteiger partial charge in [-0.1, -0.05) is 0 Å². The molecule has 0 fully saturated rings. The van der Waals surface area contributed by atoms with Crippen molar-refractivity contribution in [3.63, 3.8) is 0 Å². The van der Waals surface area contributed by atoms with E-state index >= 15 is 0 Å². The zero-order chi connectivity index (χ0) is 12.3. The molecule has 1 heterocycles. The van der Waals surface area contributed by atoms with Gasteiger partial charge in [0, 0.05) is 36.4 Å². The highest BCUT2D eigenvalue weighted by molar-refractivity contribution is 6.07. The monoisotopic (exact) mass is 233 g/mol. The average Bonchev–Trinajstić information content (AvgIpc) is 2.72. The molecule has 1 aromatic carbocycles. The lowest BCUT2D eigenvalue weighted by atomic mass is 10.1. The number of hydrogen-bond donors (Lipinski definition) is 3. The lowest BCUT2D eigenvalue weighted by Gasteiger charge is -2.03. The number of fused-ring (bicyclic) bond motifs is 1. The molecular formula is C12H15N3O2. The molecule has 0 saturated carbocycles. The Bertz CT molecular complexity index is 534. The van der Waals surface area contributed by atoms with Gasteiger partial charge in [0.2, 0.25) is 0 Å². The fraction of sp³-hybridized carbons (Fsp3) is 0.250. The summed E-state index contributed by atoms with van der Waals surface area (Å²) >= 11 is 0. The number of nitrogens with one attached hydrogen (secondary N) is 2. The molecule has 0 atom stereocenters. The van der Waals surface area contributed by atoms with E-state index in [4.69, 9.17) is 10.5 Å². The van der Waals surface area contributed by atoms with E-state index in [0.717, 1.165) is 10.9 Å². The number of nitrogen functional groups attached to an aromatic ring is 1. The number of carbonyl (C=O) groups is 1. The minimum Gasteiger partial charge on any atom is -0.399 e. The van der Waals surface area contributed by atoms with E-state index < -0.39 is 0 Å². The number of hydrogen-bond acceptors (Lipinski definition) is 3. The summed E-state index contributed by atoms with van der Waals surface area (Å²) in [4.78, 5) is 14.9. The van der Waals surface area contributed by atoms with E-state index in [2.05, 4.69) is 10.3 Å². The Morgan fingerprint density at radius 1 is 1.53 bits per heavy atom. The quantitative estimate of drug-likeness (QED) is 0.547. The summed E-state index contributed by atoms with van der Waals surface area (Å²) in [5.74, 6) is -0.126. The van der Waals surface area contributed by atoms with Gasteiger partial charge in [0.15, 0.2) is 0 Å². The molecule has 4 N–H and O–H groups in total. The zero-order valence-corrected chi connectivity index (χ0v) is 9.62. The van der Waals surface area contributed by atoms with E-state index in [-0.39, 0.29) is 5.91 Å². The molecular weight excluding hydrogens is 218 g/mol. The molecule has 0 unspecified atom stereocenters. The number of nitrogens with two attached hydrogens (primary N) is 1. The van der Waals surface area contributed by atoms with Crippen LogP contribution in [0.15, 0.2) is 24.4 Å². The Morgan fingerprint density at radius 3 is 3.12 bits per heavy atom. The van der Waals surface area contributed by atoms with Crippen LogP contribution in [-0.2, 0) is 4.74 Å². The van der Waals surface area contributed by atoms with Crippen LogP contribution in [0.25, 0.3) is 10.9 Å². The van der Waals surface area contributed by atoms with Crippen molar-refractivity contribution in [2.45, 2.75) is 0 Å². The summed E-state index contributed by atoms with van der Waals surface area (Å²) in [6, 6.07) is 5.44. The van der Waals surface area contributed by atoms with Gasteiger partial charge in [-0.25, -0.2) is 0 Å². The lowest BCUT2D eigenvalue weighted by molar-refractivity contribution is 0.0939. The minimum atomic E-state index is -0.126. The van der Waals surface area contributed by atoms with Crippen molar-refractivity contribution in [2.75, 3.05) is 26.0 Å². The maximum atomic E-state index is 11.9. The number of benzene rings is 1. The molecule has 5 heteroatoms. The van der Waals surface area contributed by atoms with Crippen molar-refractivity contribution in [3.8, 4) is 0 Å². The van der Waals surface area contributed by atoms with Gasteiger partial charge in [0.25, 0.3) is 5.91 Å². The molecule has 0 aliphatic carbocycles. The van der Waals surface area contributed by atoms with Gasteiger partial charge in [-0.2, -0.15) is 0 Å². The number of methoxy groups -OCH3 is 1. The summed E-state index contributed by atoms with van der Waals surface area (Å²) < 4.78 is 4.87. The fourth-order valence-electron chi connectivity index (χ4n) is 1.69. The topological polar surface area (TPSA) is 80.1 Å². The minimum absolute atomic E-state index is 0.126. The molecule has 0 spiro atoms. The highest BCUT2D eigenvalue weighted by Crippen LogP contribution is 2.20. The van der Waals surface area contributed by atoms with Crippen LogP contribution in [0.4, 0.5) is 5.69 Å². The third-order valence-electron chi connectivity index (χ3n) is 2.54. The summed E-state index contributed by atoms with van der Waals surface area (Å²) in [6.45, 7) is 0.987. The third-order valence-corrected chi connectivity index (χ3v) is 2.54. The first-order chi connectivity index (χ1) is 8.22. The van der Waals surface area contributed by atoms with Gasteiger partial charge in [0.05, 0.1) is 12.2 Å². The highest BCUT2D eigenvalue weighted by Gasteiger charge is 2.11. The smallest absolute Gasteiger partial charge is 0.253 e. The van der Waals surface area contributed by atoms with Gasteiger partial charge in [0.1, 0.15) is 0 Å². The molecule has 0 aliphatic heterocycles. The second kappa shape index (κ2) is 4.88. The number of ether oxygens (including phenoxy) is 1. The van der Waals surface area contributed by atoms with Gasteiger partial charge >= 0.3 is 0 Å². The molecule has 0 saturated heterocycles. The summed E-state index contributed by atoms with van der Waals surface area (Å²) in [7, 11) is 1.60. The van der Waals surface area contributed by atoms with Crippen LogP contribution in [0.1, 0.15) is 10.4 Å². The Morgan fingerprint density at radius 2 is 2.35 bits per heavy atom. The van der Waals surface area contributed by atoms with Crippen molar-refractivity contribution >= 4 is 22.5 Å². The molecule has 2 rings (SSSR count). The number of rotatable bonds is 4. The van der Waals surface area contributed by atoms with E-state index in [1.807, 2.05) is 6.07 Å². The first-order valence-electron chi connectivity index (χ1n) is 5.36. The molecule has 0 aliphatic rings. The molecule has 5 nitrogen and oxygen atoms in total. The van der Waals surface area contributed by atoms with Gasteiger partial charge in [-0.3, -0.25) is 4.79 Å². The van der Waals surface area contributed by atoms with Crippen LogP contribution in [0, 0.1) is 0 Å². The predicted octanol–water partition coefficient (Wildman–Crippen LogP) is 1.13. The predicted molar refractivity (Wildman–Crippen MR) is 66.9 cm³/mol. The maximum Gasteiger partial charge on any atom is 0.253 e. The van der Waals surface area contributed by atoms with E-state index in [1.165, 1.54) is 0 Å². The largest absolute Gasteiger partial charge is 0.399 e. The summed E-state index contributed by atoms with van der Waals surface area (Å²) in [5.41, 5.74) is 7.85. The van der Waals surface area contributed by atoms with Crippen LogP contribution in [0.2, 0.25) is 0 Å². The number of H-pyrrole nitrogens is 1. The summed E-state index contributed by atoms with van der Waals surface area (Å²) in [6.07, 6.45) is 1.69. The van der Waals surface area contributed by atoms with Crippen LogP contribution in [-0.4, -0.2) is 31.2 Å². The molecule has 0 bridgehead atoms. The van der Waals surface area contributed by atoms with E-state index in [9.17, 15) is 4.79 Å². The average molecular weight is 233 g/mol. The number of anilines is 1. The molecule has 2 aromatic rings. The molecule has 90 valence electrons. The normalized spacial score (nSPS) is 10.6. The number of aromatic amines is 1. The number of amides is 1. The van der Waals surface area contributed by atoms with Crippen molar-refractivity contribution < 1.29 is 9.53 Å².